The summed E-state index contributed by atoms with van der Waals surface area (Å²) in [6.45, 7) is 2.00. The number of ether oxygens (including phenoxy) is 1. The molecule has 0 saturated carbocycles. The highest BCUT2D eigenvalue weighted by molar-refractivity contribution is 6.37. The van der Waals surface area contributed by atoms with E-state index >= 15 is 0 Å². The van der Waals surface area contributed by atoms with Crippen LogP contribution in [0.2, 0.25) is 15.1 Å². The third-order valence-corrected chi connectivity index (χ3v) is 5.31. The van der Waals surface area contributed by atoms with E-state index in [0.717, 1.165) is 11.1 Å². The molecular weight excluding hydrogens is 457 g/mol. The monoisotopic (exact) mass is 471 g/mol. The number of nitrogens with one attached hydrogen (secondary N) is 1. The fourth-order valence-corrected chi connectivity index (χ4v) is 3.45. The first-order valence-corrected chi connectivity index (χ1v) is 10.2. The molecule has 0 radical (unpaired) electrons. The van der Waals surface area contributed by atoms with E-state index in [1.807, 2.05) is 13.0 Å². The molecule has 3 aromatic carbocycles. The fraction of sp³-hybridized carbons (Fsp3) is 0.0870. The second kappa shape index (κ2) is 10.3. The van der Waals surface area contributed by atoms with Crippen molar-refractivity contribution in [2.24, 2.45) is 5.10 Å². The maximum Gasteiger partial charge on any atom is 0.271 e. The van der Waals surface area contributed by atoms with Gasteiger partial charge < -0.3 is 4.74 Å². The van der Waals surface area contributed by atoms with Crippen molar-refractivity contribution in [3.63, 3.8) is 0 Å². The number of carbonyl (C=O) groups is 1. The smallest absolute Gasteiger partial charge is 0.271 e. The molecule has 3 rings (SSSR count). The van der Waals surface area contributed by atoms with Crippen LogP contribution in [0.1, 0.15) is 32.6 Å². The minimum atomic E-state index is -0.397. The lowest BCUT2D eigenvalue weighted by molar-refractivity contribution is 0.0955. The van der Waals surface area contributed by atoms with Crippen LogP contribution in [0.4, 0.5) is 0 Å². The number of hydrogen-bond donors (Lipinski definition) is 1. The standard InChI is InChI=1S/C23H16Cl3N3O2/c1-14-6-7-16(10-19(14)24)23(30)29-28-12-15-8-20(25)22(21(26)9-15)31-13-18-5-3-2-4-17(18)11-27/h2-10,12H,13H2,1H3,(H,29,30)/b28-12-. The minimum absolute atomic E-state index is 0.145. The summed E-state index contributed by atoms with van der Waals surface area (Å²) < 4.78 is 5.73. The number of nitriles is 1. The number of carbonyl (C=O) groups excluding carboxylic acids is 1. The molecule has 0 heterocycles. The number of amides is 1. The highest BCUT2D eigenvalue weighted by Gasteiger charge is 2.11. The largest absolute Gasteiger partial charge is 0.486 e. The predicted molar refractivity (Wildman–Crippen MR) is 123 cm³/mol. The van der Waals surface area contributed by atoms with Crippen molar-refractivity contribution in [1.82, 2.24) is 5.43 Å². The fourth-order valence-electron chi connectivity index (χ4n) is 2.66. The third-order valence-electron chi connectivity index (χ3n) is 4.34. The predicted octanol–water partition coefficient (Wildman–Crippen LogP) is 6.17. The van der Waals surface area contributed by atoms with Crippen LogP contribution in [-0.2, 0) is 6.61 Å². The van der Waals surface area contributed by atoms with Gasteiger partial charge in [0.05, 0.1) is 27.9 Å². The molecule has 0 fully saturated rings. The average Bonchev–Trinajstić information content (AvgIpc) is 2.75. The Morgan fingerprint density at radius 2 is 1.81 bits per heavy atom. The average molecular weight is 473 g/mol. The third kappa shape index (κ3) is 5.77. The highest BCUT2D eigenvalue weighted by Crippen LogP contribution is 2.34. The van der Waals surface area contributed by atoms with Gasteiger partial charge in [0.2, 0.25) is 0 Å². The summed E-state index contributed by atoms with van der Waals surface area (Å²) in [5, 5.41) is 14.2. The minimum Gasteiger partial charge on any atom is -0.486 e. The summed E-state index contributed by atoms with van der Waals surface area (Å²) >= 11 is 18.7. The lowest BCUT2D eigenvalue weighted by Gasteiger charge is -2.11. The van der Waals surface area contributed by atoms with E-state index in [9.17, 15) is 10.1 Å². The van der Waals surface area contributed by atoms with Gasteiger partial charge in [0.25, 0.3) is 5.91 Å². The van der Waals surface area contributed by atoms with E-state index in [-0.39, 0.29) is 16.7 Å². The van der Waals surface area contributed by atoms with Gasteiger partial charge in [0.1, 0.15) is 6.61 Å². The number of hydrazone groups is 1. The van der Waals surface area contributed by atoms with Crippen molar-refractivity contribution in [3.05, 3.63) is 97.5 Å². The summed E-state index contributed by atoms with van der Waals surface area (Å²) in [6, 6.07) is 17.4. The molecule has 0 aliphatic heterocycles. The van der Waals surface area contributed by atoms with Crippen molar-refractivity contribution < 1.29 is 9.53 Å². The first kappa shape index (κ1) is 22.6. The molecule has 3 aromatic rings. The van der Waals surface area contributed by atoms with E-state index < -0.39 is 5.91 Å². The number of halogens is 3. The van der Waals surface area contributed by atoms with E-state index in [1.165, 1.54) is 6.21 Å². The van der Waals surface area contributed by atoms with Crippen molar-refractivity contribution in [1.29, 1.82) is 5.26 Å². The Balaban J connectivity index is 1.67. The summed E-state index contributed by atoms with van der Waals surface area (Å²) in [4.78, 5) is 12.2. The maximum atomic E-state index is 12.2. The van der Waals surface area contributed by atoms with Gasteiger partial charge in [-0.3, -0.25) is 4.79 Å². The van der Waals surface area contributed by atoms with Crippen LogP contribution in [0.25, 0.3) is 0 Å². The number of hydrogen-bond acceptors (Lipinski definition) is 4. The van der Waals surface area contributed by atoms with Crippen molar-refractivity contribution in [2.75, 3.05) is 0 Å². The molecule has 0 bridgehead atoms. The van der Waals surface area contributed by atoms with Crippen LogP contribution in [0.5, 0.6) is 5.75 Å². The lowest BCUT2D eigenvalue weighted by Crippen LogP contribution is -2.17. The molecule has 8 heteroatoms. The Morgan fingerprint density at radius 3 is 2.48 bits per heavy atom. The van der Waals surface area contributed by atoms with E-state index in [0.29, 0.717) is 27.5 Å². The Labute approximate surface area is 194 Å². The Kier molecular flexibility index (Phi) is 7.54. The van der Waals surface area contributed by atoms with E-state index in [1.54, 1.807) is 48.5 Å². The molecule has 0 unspecified atom stereocenters. The Bertz CT molecular complexity index is 1180. The molecule has 0 aliphatic carbocycles. The Morgan fingerprint density at radius 1 is 1.10 bits per heavy atom. The first-order valence-electron chi connectivity index (χ1n) is 9.08. The number of aryl methyl sites for hydroxylation is 1. The zero-order valence-corrected chi connectivity index (χ0v) is 18.6. The molecule has 5 nitrogen and oxygen atoms in total. The van der Waals surface area contributed by atoms with Crippen molar-refractivity contribution in [3.8, 4) is 11.8 Å². The van der Waals surface area contributed by atoms with Crippen molar-refractivity contribution in [2.45, 2.75) is 13.5 Å². The molecule has 1 N–H and O–H groups in total. The Hall–Kier alpha value is -3.04. The van der Waals surface area contributed by atoms with Gasteiger partial charge >= 0.3 is 0 Å². The second-order valence-electron chi connectivity index (χ2n) is 6.53. The zero-order valence-electron chi connectivity index (χ0n) is 16.3. The molecule has 31 heavy (non-hydrogen) atoms. The SMILES string of the molecule is Cc1ccc(C(=O)N/N=C\c2cc(Cl)c(OCc3ccccc3C#N)c(Cl)c2)cc1Cl. The molecular formula is C23H16Cl3N3O2. The van der Waals surface area contributed by atoms with Crippen LogP contribution in [0, 0.1) is 18.3 Å². The topological polar surface area (TPSA) is 74.5 Å². The molecule has 0 atom stereocenters. The zero-order chi connectivity index (χ0) is 22.4. The molecule has 0 spiro atoms. The van der Waals surface area contributed by atoms with Crippen LogP contribution in [0.3, 0.4) is 0 Å². The van der Waals surface area contributed by atoms with Gasteiger partial charge in [-0.2, -0.15) is 10.4 Å². The normalized spacial score (nSPS) is 10.7. The van der Waals surface area contributed by atoms with Gasteiger partial charge in [-0.15, -0.1) is 0 Å². The van der Waals surface area contributed by atoms with Crippen molar-refractivity contribution >= 4 is 46.9 Å². The maximum absolute atomic E-state index is 12.2. The van der Waals surface area contributed by atoms with Crippen LogP contribution < -0.4 is 10.2 Å². The van der Waals surface area contributed by atoms with Gasteiger partial charge in [0, 0.05) is 16.1 Å². The number of nitrogens with zero attached hydrogens (tertiary/aromatic N) is 2. The summed E-state index contributed by atoms with van der Waals surface area (Å²) in [6.07, 6.45) is 1.42. The van der Waals surface area contributed by atoms with Crippen LogP contribution >= 0.6 is 34.8 Å². The molecule has 0 saturated heterocycles. The quantitative estimate of drug-likeness (QED) is 0.344. The van der Waals surface area contributed by atoms with E-state index in [2.05, 4.69) is 16.6 Å². The van der Waals surface area contributed by atoms with Crippen LogP contribution in [-0.4, -0.2) is 12.1 Å². The molecule has 0 aliphatic rings. The van der Waals surface area contributed by atoms with Gasteiger partial charge in [-0.1, -0.05) is 59.1 Å². The van der Waals surface area contributed by atoms with E-state index in [4.69, 9.17) is 39.5 Å². The summed E-state index contributed by atoms with van der Waals surface area (Å²) in [7, 11) is 0. The first-order chi connectivity index (χ1) is 14.9. The lowest BCUT2D eigenvalue weighted by atomic mass is 10.1. The summed E-state index contributed by atoms with van der Waals surface area (Å²) in [5.41, 5.74) is 5.52. The highest BCUT2D eigenvalue weighted by atomic mass is 35.5. The molecule has 0 aromatic heterocycles. The molecule has 1 amide bonds. The number of rotatable bonds is 6. The summed E-state index contributed by atoms with van der Waals surface area (Å²) in [5.74, 6) is -0.0991. The van der Waals surface area contributed by atoms with Gasteiger partial charge in [-0.25, -0.2) is 5.43 Å². The van der Waals surface area contributed by atoms with Gasteiger partial charge in [0.15, 0.2) is 5.75 Å². The number of benzene rings is 3. The molecule has 156 valence electrons. The van der Waals surface area contributed by atoms with Crippen LogP contribution in [0.15, 0.2) is 59.7 Å². The second-order valence-corrected chi connectivity index (χ2v) is 7.76. The van der Waals surface area contributed by atoms with Gasteiger partial charge in [-0.05, 0) is 48.4 Å².